The van der Waals surface area contributed by atoms with Crippen LogP contribution in [-0.4, -0.2) is 20.2 Å². The maximum atomic E-state index is 4.52. The molecular formula is C21H22N4. The Kier molecular flexibility index (Phi) is 2.74. The van der Waals surface area contributed by atoms with E-state index < -0.39 is 0 Å². The van der Waals surface area contributed by atoms with Crippen molar-refractivity contribution in [1.29, 1.82) is 0 Å². The van der Waals surface area contributed by atoms with Gasteiger partial charge in [0.05, 0.1) is 5.54 Å². The number of hydrogen-bond donors (Lipinski definition) is 0. The van der Waals surface area contributed by atoms with Crippen molar-refractivity contribution in [1.82, 2.24) is 20.2 Å². The minimum atomic E-state index is 0.166. The molecule has 25 heavy (non-hydrogen) atoms. The molecule has 4 aliphatic rings. The van der Waals surface area contributed by atoms with Crippen LogP contribution in [0.2, 0.25) is 0 Å². The van der Waals surface area contributed by atoms with Gasteiger partial charge in [0.1, 0.15) is 0 Å². The van der Waals surface area contributed by atoms with Crippen LogP contribution in [0.3, 0.4) is 0 Å². The van der Waals surface area contributed by atoms with E-state index in [-0.39, 0.29) is 5.54 Å². The van der Waals surface area contributed by atoms with Gasteiger partial charge in [-0.1, -0.05) is 36.4 Å². The third-order valence-electron chi connectivity index (χ3n) is 6.93. The molecule has 0 aliphatic heterocycles. The maximum Gasteiger partial charge on any atom is 0.182 e. The lowest BCUT2D eigenvalue weighted by molar-refractivity contribution is -0.0493. The van der Waals surface area contributed by atoms with E-state index in [0.29, 0.717) is 0 Å². The molecule has 0 atom stereocenters. The summed E-state index contributed by atoms with van der Waals surface area (Å²) >= 11 is 0. The first kappa shape index (κ1) is 14.0. The van der Waals surface area contributed by atoms with Crippen molar-refractivity contribution in [2.45, 2.75) is 44.1 Å². The Labute approximate surface area is 147 Å². The zero-order valence-electron chi connectivity index (χ0n) is 14.3. The average Bonchev–Trinajstić information content (AvgIpc) is 3.11. The van der Waals surface area contributed by atoms with Crippen LogP contribution in [0.25, 0.3) is 22.2 Å². The van der Waals surface area contributed by atoms with Crippen molar-refractivity contribution >= 4 is 10.8 Å². The summed E-state index contributed by atoms with van der Waals surface area (Å²) in [4.78, 5) is 0. The van der Waals surface area contributed by atoms with Crippen molar-refractivity contribution in [2.24, 2.45) is 17.8 Å². The molecule has 4 saturated carbocycles. The summed E-state index contributed by atoms with van der Waals surface area (Å²) < 4.78 is 2.21. The number of rotatable bonds is 2. The molecule has 4 bridgehead atoms. The summed E-state index contributed by atoms with van der Waals surface area (Å²) in [6.45, 7) is 0. The molecule has 3 aromatic rings. The second-order valence-electron chi connectivity index (χ2n) is 8.62. The molecular weight excluding hydrogens is 308 g/mol. The predicted octanol–water partition coefficient (Wildman–Crippen LogP) is 4.42. The van der Waals surface area contributed by atoms with Crippen LogP contribution < -0.4 is 0 Å². The van der Waals surface area contributed by atoms with Gasteiger partial charge in [-0.15, -0.1) is 5.10 Å². The fourth-order valence-corrected chi connectivity index (χ4v) is 6.34. The Hall–Kier alpha value is -2.23. The van der Waals surface area contributed by atoms with Crippen molar-refractivity contribution in [3.05, 3.63) is 42.5 Å². The summed E-state index contributed by atoms with van der Waals surface area (Å²) in [5.74, 6) is 3.62. The molecule has 4 fully saturated rings. The van der Waals surface area contributed by atoms with Gasteiger partial charge in [0.15, 0.2) is 5.82 Å². The second-order valence-corrected chi connectivity index (χ2v) is 8.62. The molecule has 4 aliphatic carbocycles. The average molecular weight is 330 g/mol. The maximum absolute atomic E-state index is 4.52. The van der Waals surface area contributed by atoms with Gasteiger partial charge in [-0.3, -0.25) is 0 Å². The van der Waals surface area contributed by atoms with Gasteiger partial charge in [0.25, 0.3) is 0 Å². The second kappa shape index (κ2) is 4.90. The quantitative estimate of drug-likeness (QED) is 0.698. The number of tetrazole rings is 1. The minimum absolute atomic E-state index is 0.166. The fourth-order valence-electron chi connectivity index (χ4n) is 6.34. The van der Waals surface area contributed by atoms with Crippen molar-refractivity contribution in [3.8, 4) is 11.4 Å². The molecule has 7 rings (SSSR count). The minimum Gasteiger partial charge on any atom is -0.219 e. The lowest BCUT2D eigenvalue weighted by Crippen LogP contribution is -2.52. The van der Waals surface area contributed by atoms with E-state index in [1.165, 1.54) is 49.3 Å². The van der Waals surface area contributed by atoms with Crippen LogP contribution in [0.1, 0.15) is 38.5 Å². The first-order valence-electron chi connectivity index (χ1n) is 9.57. The SMILES string of the molecule is c1ccc2cc(-c3nnnn3C34CC5CC(CC(C5)C3)C4)ccc2c1. The van der Waals surface area contributed by atoms with Gasteiger partial charge < -0.3 is 0 Å². The van der Waals surface area contributed by atoms with Gasteiger partial charge in [0, 0.05) is 5.56 Å². The predicted molar refractivity (Wildman–Crippen MR) is 96.9 cm³/mol. The fraction of sp³-hybridized carbons (Fsp3) is 0.476. The normalized spacial score (nSPS) is 33.2. The van der Waals surface area contributed by atoms with Gasteiger partial charge in [-0.25, -0.2) is 4.68 Å². The molecule has 4 heteroatoms. The first-order chi connectivity index (χ1) is 12.3. The third kappa shape index (κ3) is 2.03. The number of benzene rings is 2. The van der Waals surface area contributed by atoms with Gasteiger partial charge in [-0.05, 0) is 83.5 Å². The highest BCUT2D eigenvalue weighted by molar-refractivity contribution is 5.86. The number of aromatic nitrogens is 4. The molecule has 4 nitrogen and oxygen atoms in total. The molecule has 126 valence electrons. The summed E-state index contributed by atoms with van der Waals surface area (Å²) in [5, 5.41) is 15.6. The number of fused-ring (bicyclic) bond motifs is 1. The molecule has 2 aromatic carbocycles. The molecule has 0 saturated heterocycles. The third-order valence-corrected chi connectivity index (χ3v) is 6.93. The van der Waals surface area contributed by atoms with Crippen LogP contribution in [0.15, 0.2) is 42.5 Å². The van der Waals surface area contributed by atoms with Gasteiger partial charge in [-0.2, -0.15) is 0 Å². The van der Waals surface area contributed by atoms with Gasteiger partial charge >= 0.3 is 0 Å². The molecule has 1 aromatic heterocycles. The zero-order valence-corrected chi connectivity index (χ0v) is 14.3. The molecule has 0 amide bonds. The lowest BCUT2D eigenvalue weighted by Gasteiger charge is -2.56. The van der Waals surface area contributed by atoms with E-state index in [0.717, 1.165) is 29.1 Å². The largest absolute Gasteiger partial charge is 0.219 e. The summed E-state index contributed by atoms with van der Waals surface area (Å²) in [6.07, 6.45) is 8.12. The zero-order chi connectivity index (χ0) is 16.4. The molecule has 0 unspecified atom stereocenters. The first-order valence-corrected chi connectivity index (χ1v) is 9.57. The van der Waals surface area contributed by atoms with E-state index in [1.54, 1.807) is 0 Å². The van der Waals surface area contributed by atoms with Gasteiger partial charge in [0.2, 0.25) is 0 Å². The molecule has 0 radical (unpaired) electrons. The monoisotopic (exact) mass is 330 g/mol. The van der Waals surface area contributed by atoms with E-state index in [2.05, 4.69) is 62.7 Å². The Bertz CT molecular complexity index is 922. The van der Waals surface area contributed by atoms with Crippen LogP contribution >= 0.6 is 0 Å². The topological polar surface area (TPSA) is 43.6 Å². The van der Waals surface area contributed by atoms with Crippen LogP contribution in [-0.2, 0) is 5.54 Å². The van der Waals surface area contributed by atoms with Crippen molar-refractivity contribution < 1.29 is 0 Å². The van der Waals surface area contributed by atoms with Crippen LogP contribution in [0, 0.1) is 17.8 Å². The van der Waals surface area contributed by atoms with Crippen molar-refractivity contribution in [2.75, 3.05) is 0 Å². The van der Waals surface area contributed by atoms with Crippen LogP contribution in [0.4, 0.5) is 0 Å². The van der Waals surface area contributed by atoms with Crippen molar-refractivity contribution in [3.63, 3.8) is 0 Å². The molecule has 0 spiro atoms. The van der Waals surface area contributed by atoms with E-state index >= 15 is 0 Å². The highest BCUT2D eigenvalue weighted by atomic mass is 15.6. The number of hydrogen-bond acceptors (Lipinski definition) is 3. The number of nitrogens with zero attached hydrogens (tertiary/aromatic N) is 4. The summed E-state index contributed by atoms with van der Waals surface area (Å²) in [6, 6.07) is 15.1. The highest BCUT2D eigenvalue weighted by Crippen LogP contribution is 2.59. The standard InChI is InChI=1S/C21H22N4/c1-2-4-18-10-19(6-5-17(18)3-1)20-22-23-24-25(20)21-11-14-7-15(12-21)9-16(8-14)13-21/h1-6,10,14-16H,7-9,11-13H2. The highest BCUT2D eigenvalue weighted by Gasteiger charge is 2.53. The summed E-state index contributed by atoms with van der Waals surface area (Å²) in [7, 11) is 0. The smallest absolute Gasteiger partial charge is 0.182 e. The van der Waals surface area contributed by atoms with Crippen LogP contribution in [0.5, 0.6) is 0 Å². The van der Waals surface area contributed by atoms with E-state index in [4.69, 9.17) is 0 Å². The lowest BCUT2D eigenvalue weighted by atomic mass is 9.53. The van der Waals surface area contributed by atoms with E-state index in [1.807, 2.05) is 0 Å². The Morgan fingerprint density at radius 3 is 2.24 bits per heavy atom. The molecule has 0 N–H and O–H groups in total. The Morgan fingerprint density at radius 2 is 1.52 bits per heavy atom. The van der Waals surface area contributed by atoms with E-state index in [9.17, 15) is 0 Å². The Balaban J connectivity index is 1.47. The Morgan fingerprint density at radius 1 is 0.840 bits per heavy atom. The summed E-state index contributed by atoms with van der Waals surface area (Å²) in [5.41, 5.74) is 1.30. The molecule has 1 heterocycles.